The first-order chi connectivity index (χ1) is 15.7. The Labute approximate surface area is 191 Å². The van der Waals surface area contributed by atoms with E-state index in [1.165, 1.54) is 29.3 Å². The quantitative estimate of drug-likeness (QED) is 0.433. The molecule has 6 nitrogen and oxygen atoms in total. The van der Waals surface area contributed by atoms with Crippen LogP contribution in [0.3, 0.4) is 0 Å². The van der Waals surface area contributed by atoms with E-state index < -0.39 is 0 Å². The monoisotopic (exact) mass is 441 g/mol. The van der Waals surface area contributed by atoms with Gasteiger partial charge in [0.05, 0.1) is 11.4 Å². The first-order valence-electron chi connectivity index (χ1n) is 10.7. The maximum Gasteiger partial charge on any atom is 0.234 e. The van der Waals surface area contributed by atoms with E-state index in [-0.39, 0.29) is 11.7 Å². The van der Waals surface area contributed by atoms with E-state index in [0.717, 1.165) is 35.3 Å². The highest BCUT2D eigenvalue weighted by atomic mass is 32.2. The van der Waals surface area contributed by atoms with Gasteiger partial charge >= 0.3 is 0 Å². The first-order valence-corrected chi connectivity index (χ1v) is 11.6. The molecule has 0 saturated heterocycles. The number of aryl methyl sites for hydroxylation is 3. The smallest absolute Gasteiger partial charge is 0.234 e. The molecule has 1 N–H and O–H groups in total. The van der Waals surface area contributed by atoms with Gasteiger partial charge in [-0.3, -0.25) is 14.3 Å². The van der Waals surface area contributed by atoms with Gasteiger partial charge in [0.15, 0.2) is 11.0 Å². The number of anilines is 1. The summed E-state index contributed by atoms with van der Waals surface area (Å²) in [5, 5.41) is 12.5. The van der Waals surface area contributed by atoms with Gasteiger partial charge in [-0.2, -0.15) is 0 Å². The minimum Gasteiger partial charge on any atom is -0.325 e. The van der Waals surface area contributed by atoms with Gasteiger partial charge in [0.2, 0.25) is 5.91 Å². The number of hydrogen-bond donors (Lipinski definition) is 1. The molecule has 4 aromatic rings. The summed E-state index contributed by atoms with van der Waals surface area (Å²) in [6.45, 7) is 2.05. The lowest BCUT2D eigenvalue weighted by Crippen LogP contribution is -2.15. The first kappa shape index (κ1) is 20.5. The maximum atomic E-state index is 12.7. The standard InChI is InChI=1S/C25H23N5OS/c1-17-6-2-3-10-22(17)30-24(20-9-5-13-26-15-20)28-29-25(30)32-16-23(31)27-21-12-11-18-7-4-8-19(18)14-21/h2-3,5-6,9-15H,4,7-8,16H2,1H3,(H,27,31). The summed E-state index contributed by atoms with van der Waals surface area (Å²) < 4.78 is 2.00. The van der Waals surface area contributed by atoms with Crippen molar-refractivity contribution in [3.05, 3.63) is 83.7 Å². The Morgan fingerprint density at radius 1 is 1.06 bits per heavy atom. The van der Waals surface area contributed by atoms with Crippen molar-refractivity contribution in [1.29, 1.82) is 0 Å². The van der Waals surface area contributed by atoms with Crippen LogP contribution in [0.25, 0.3) is 17.1 Å². The number of nitrogens with zero attached hydrogens (tertiary/aromatic N) is 4. The van der Waals surface area contributed by atoms with E-state index in [9.17, 15) is 4.79 Å². The van der Waals surface area contributed by atoms with Crippen molar-refractivity contribution in [3.63, 3.8) is 0 Å². The van der Waals surface area contributed by atoms with Crippen LogP contribution in [0.1, 0.15) is 23.1 Å². The molecule has 0 unspecified atom stereocenters. The fourth-order valence-electron chi connectivity index (χ4n) is 4.05. The number of para-hydroxylation sites is 1. The van der Waals surface area contributed by atoms with Crippen LogP contribution < -0.4 is 5.32 Å². The molecule has 160 valence electrons. The molecule has 0 bridgehead atoms. The predicted molar refractivity (Wildman–Crippen MR) is 127 cm³/mol. The summed E-state index contributed by atoms with van der Waals surface area (Å²) in [6, 6.07) is 18.1. The number of fused-ring (bicyclic) bond motifs is 1. The number of aromatic nitrogens is 4. The molecule has 5 rings (SSSR count). The van der Waals surface area contributed by atoms with Gasteiger partial charge in [-0.1, -0.05) is 36.0 Å². The fourth-order valence-corrected chi connectivity index (χ4v) is 4.80. The molecular formula is C25H23N5OS. The molecule has 2 heterocycles. The lowest BCUT2D eigenvalue weighted by molar-refractivity contribution is -0.113. The highest BCUT2D eigenvalue weighted by molar-refractivity contribution is 7.99. The molecule has 0 atom stereocenters. The topological polar surface area (TPSA) is 72.7 Å². The molecule has 1 amide bonds. The molecule has 0 aliphatic heterocycles. The zero-order valence-corrected chi connectivity index (χ0v) is 18.6. The van der Waals surface area contributed by atoms with Gasteiger partial charge in [-0.25, -0.2) is 0 Å². The van der Waals surface area contributed by atoms with Crippen LogP contribution >= 0.6 is 11.8 Å². The number of amides is 1. The van der Waals surface area contributed by atoms with E-state index in [0.29, 0.717) is 11.0 Å². The van der Waals surface area contributed by atoms with E-state index in [2.05, 4.69) is 45.6 Å². The minimum atomic E-state index is -0.0600. The number of pyridine rings is 1. The van der Waals surface area contributed by atoms with Gasteiger partial charge < -0.3 is 5.32 Å². The molecule has 1 aliphatic carbocycles. The van der Waals surface area contributed by atoms with Crippen molar-refractivity contribution in [3.8, 4) is 17.1 Å². The van der Waals surface area contributed by atoms with Crippen LogP contribution in [0.5, 0.6) is 0 Å². The van der Waals surface area contributed by atoms with Crippen molar-refractivity contribution in [2.24, 2.45) is 0 Å². The van der Waals surface area contributed by atoms with Crippen molar-refractivity contribution in [1.82, 2.24) is 19.7 Å². The summed E-state index contributed by atoms with van der Waals surface area (Å²) in [4.78, 5) is 16.9. The van der Waals surface area contributed by atoms with Gasteiger partial charge in [0.25, 0.3) is 0 Å². The Hall–Kier alpha value is -3.45. The summed E-state index contributed by atoms with van der Waals surface area (Å²) >= 11 is 1.38. The third-order valence-corrected chi connectivity index (χ3v) is 6.55. The second-order valence-electron chi connectivity index (χ2n) is 7.84. The van der Waals surface area contributed by atoms with E-state index in [4.69, 9.17) is 0 Å². The Kier molecular flexibility index (Phi) is 5.73. The minimum absolute atomic E-state index is 0.0600. The normalized spacial score (nSPS) is 12.5. The van der Waals surface area contributed by atoms with Crippen LogP contribution in [0.4, 0.5) is 5.69 Å². The number of rotatable bonds is 6. The number of carbonyl (C=O) groups excluding carboxylic acids is 1. The SMILES string of the molecule is Cc1ccccc1-n1c(SCC(=O)Nc2ccc3c(c2)CCC3)nnc1-c1cccnc1. The number of carbonyl (C=O) groups is 1. The third kappa shape index (κ3) is 4.16. The summed E-state index contributed by atoms with van der Waals surface area (Å²) in [7, 11) is 0. The van der Waals surface area contributed by atoms with Gasteiger partial charge in [0, 0.05) is 23.6 Å². The van der Waals surface area contributed by atoms with Gasteiger partial charge in [0.1, 0.15) is 0 Å². The van der Waals surface area contributed by atoms with E-state index in [1.54, 1.807) is 12.4 Å². The second kappa shape index (κ2) is 8.96. The number of thioether (sulfide) groups is 1. The molecule has 0 radical (unpaired) electrons. The molecule has 7 heteroatoms. The van der Waals surface area contributed by atoms with Crippen LogP contribution in [0.2, 0.25) is 0 Å². The molecule has 1 aliphatic rings. The van der Waals surface area contributed by atoms with Crippen LogP contribution in [-0.2, 0) is 17.6 Å². The fraction of sp³-hybridized carbons (Fsp3) is 0.200. The van der Waals surface area contributed by atoms with Crippen molar-refractivity contribution in [2.45, 2.75) is 31.3 Å². The van der Waals surface area contributed by atoms with Gasteiger partial charge in [-0.15, -0.1) is 10.2 Å². The predicted octanol–water partition coefficient (Wildman–Crippen LogP) is 4.86. The third-order valence-electron chi connectivity index (χ3n) is 5.62. The number of nitrogens with one attached hydrogen (secondary N) is 1. The molecule has 2 aromatic heterocycles. The average Bonchev–Trinajstić information content (AvgIpc) is 3.45. The molecule has 2 aromatic carbocycles. The Balaban J connectivity index is 1.38. The summed E-state index contributed by atoms with van der Waals surface area (Å²) in [5.74, 6) is 0.887. The Bertz CT molecular complexity index is 1270. The molecule has 32 heavy (non-hydrogen) atoms. The van der Waals surface area contributed by atoms with Crippen molar-refractivity contribution < 1.29 is 4.79 Å². The number of hydrogen-bond acceptors (Lipinski definition) is 5. The van der Waals surface area contributed by atoms with Crippen molar-refractivity contribution >= 4 is 23.4 Å². The van der Waals surface area contributed by atoms with Crippen molar-refractivity contribution in [2.75, 3.05) is 11.1 Å². The zero-order valence-electron chi connectivity index (χ0n) is 17.8. The lowest BCUT2D eigenvalue weighted by atomic mass is 10.1. The van der Waals surface area contributed by atoms with E-state index >= 15 is 0 Å². The maximum absolute atomic E-state index is 12.7. The zero-order chi connectivity index (χ0) is 21.9. The molecular weight excluding hydrogens is 418 g/mol. The number of benzene rings is 2. The van der Waals surface area contributed by atoms with Crippen LogP contribution in [-0.4, -0.2) is 31.4 Å². The van der Waals surface area contributed by atoms with Crippen LogP contribution in [0, 0.1) is 6.92 Å². The molecule has 0 fully saturated rings. The Morgan fingerprint density at radius 3 is 2.78 bits per heavy atom. The highest BCUT2D eigenvalue weighted by Crippen LogP contribution is 2.29. The summed E-state index contributed by atoms with van der Waals surface area (Å²) in [6.07, 6.45) is 6.92. The second-order valence-corrected chi connectivity index (χ2v) is 8.79. The largest absolute Gasteiger partial charge is 0.325 e. The average molecular weight is 442 g/mol. The summed E-state index contributed by atoms with van der Waals surface area (Å²) in [5.41, 5.74) is 6.55. The van der Waals surface area contributed by atoms with E-state index in [1.807, 2.05) is 41.0 Å². The molecule has 0 spiro atoms. The highest BCUT2D eigenvalue weighted by Gasteiger charge is 2.19. The van der Waals surface area contributed by atoms with Gasteiger partial charge in [-0.05, 0) is 73.2 Å². The lowest BCUT2D eigenvalue weighted by Gasteiger charge is -2.13. The molecule has 0 saturated carbocycles. The van der Waals surface area contributed by atoms with Crippen LogP contribution in [0.15, 0.2) is 72.1 Å². The Morgan fingerprint density at radius 2 is 1.94 bits per heavy atom.